The van der Waals surface area contributed by atoms with Gasteiger partial charge >= 0.3 is 5.97 Å². The summed E-state index contributed by atoms with van der Waals surface area (Å²) in [6.07, 6.45) is 0. The van der Waals surface area contributed by atoms with Crippen molar-refractivity contribution in [2.24, 2.45) is 0 Å². The van der Waals surface area contributed by atoms with Gasteiger partial charge in [0, 0.05) is 23.1 Å². The third kappa shape index (κ3) is 7.12. The molecule has 0 aromatic heterocycles. The van der Waals surface area contributed by atoms with Crippen molar-refractivity contribution in [3.8, 4) is 0 Å². The van der Waals surface area contributed by atoms with Crippen LogP contribution >= 0.6 is 90.4 Å². The topological polar surface area (TPSA) is 114 Å². The molecule has 0 fully saturated rings. The lowest BCUT2D eigenvalue weighted by atomic mass is 10.1. The van der Waals surface area contributed by atoms with E-state index < -0.39 is 18.5 Å². The van der Waals surface area contributed by atoms with Gasteiger partial charge in [-0.15, -0.1) is 0 Å². The van der Waals surface area contributed by atoms with E-state index in [0.29, 0.717) is 27.8 Å². The van der Waals surface area contributed by atoms with E-state index in [9.17, 15) is 19.2 Å². The molecule has 0 unspecified atom stereocenters. The molecule has 0 aliphatic heterocycles. The van der Waals surface area contributed by atoms with Crippen LogP contribution in [0.1, 0.15) is 29.8 Å². The predicted molar refractivity (Wildman–Crippen MR) is 156 cm³/mol. The summed E-state index contributed by atoms with van der Waals surface area (Å²) in [7, 11) is 0. The number of ether oxygens (including phenoxy) is 1. The Hall–Kier alpha value is -0.760. The summed E-state index contributed by atoms with van der Waals surface area (Å²) in [5.41, 5.74) is 2.43. The van der Waals surface area contributed by atoms with Crippen molar-refractivity contribution in [3.05, 3.63) is 43.6 Å². The number of halogens is 4. The van der Waals surface area contributed by atoms with Gasteiger partial charge in [0.05, 0.1) is 27.6 Å². The predicted octanol–water partition coefficient (Wildman–Crippen LogP) is 5.13. The summed E-state index contributed by atoms with van der Waals surface area (Å²) in [6.45, 7) is 4.06. The highest BCUT2D eigenvalue weighted by atomic mass is 127. The van der Waals surface area contributed by atoms with E-state index in [0.717, 1.165) is 9.13 Å². The molecule has 0 bridgehead atoms. The molecule has 0 atom stereocenters. The number of rotatable bonds is 6. The van der Waals surface area contributed by atoms with Gasteiger partial charge in [-0.05, 0) is 121 Å². The van der Waals surface area contributed by atoms with E-state index >= 15 is 0 Å². The third-order valence-electron chi connectivity index (χ3n) is 3.92. The van der Waals surface area contributed by atoms with Crippen molar-refractivity contribution in [3.63, 3.8) is 0 Å². The molecule has 0 aliphatic carbocycles. The molecule has 0 heterocycles. The third-order valence-corrected chi connectivity index (χ3v) is 7.83. The van der Waals surface area contributed by atoms with E-state index in [1.54, 1.807) is 6.07 Å². The number of aryl methyl sites for hydroxylation is 1. The van der Waals surface area contributed by atoms with Crippen LogP contribution in [0, 0.1) is 21.2 Å². The Kier molecular flexibility index (Phi) is 10.4. The van der Waals surface area contributed by atoms with Gasteiger partial charge in [0.1, 0.15) is 0 Å². The smallest absolute Gasteiger partial charge is 0.340 e. The lowest BCUT2D eigenvalue weighted by Crippen LogP contribution is -2.23. The Labute approximate surface area is 239 Å². The highest BCUT2D eigenvalue weighted by Gasteiger charge is 2.27. The van der Waals surface area contributed by atoms with Crippen molar-refractivity contribution in [2.45, 2.75) is 20.8 Å². The Morgan fingerprint density at radius 3 is 1.84 bits per heavy atom. The molecular weight excluding hydrogens is 870 g/mol. The van der Waals surface area contributed by atoms with E-state index in [1.165, 1.54) is 13.8 Å². The average Bonchev–Trinajstić information content (AvgIpc) is 2.69. The number of carbonyl (C=O) groups excluding carboxylic acids is 4. The Morgan fingerprint density at radius 2 is 1.38 bits per heavy atom. The summed E-state index contributed by atoms with van der Waals surface area (Å²) in [4.78, 5) is 48.6. The SMILES string of the molecule is CC(=O)Nc1c(I)c(NC(C)=O)c(I)c(C(=O)OCC(=O)Nc2ccc(I)cc2C)c1I. The zero-order chi connectivity index (χ0) is 24.2. The first-order valence-electron chi connectivity index (χ1n) is 8.91. The van der Waals surface area contributed by atoms with Crippen LogP contribution in [-0.4, -0.2) is 30.3 Å². The molecule has 3 N–H and O–H groups in total. The normalized spacial score (nSPS) is 10.3. The standard InChI is InChI=1S/C20H17I4N3O5/c1-8-6-11(21)4-5-12(8)27-13(30)7-32-20(31)14-15(22)18(25-9(2)28)17(24)19(16(14)23)26-10(3)29/h4-6H,7H2,1-3H3,(H,25,28)(H,26,29)(H,27,30). The van der Waals surface area contributed by atoms with Crippen molar-refractivity contribution < 1.29 is 23.9 Å². The van der Waals surface area contributed by atoms with Crippen LogP contribution in [0.4, 0.5) is 17.1 Å². The van der Waals surface area contributed by atoms with Crippen LogP contribution in [0.5, 0.6) is 0 Å². The fourth-order valence-electron chi connectivity index (χ4n) is 2.57. The molecule has 8 nitrogen and oxygen atoms in total. The quantitative estimate of drug-likeness (QED) is 0.276. The molecule has 170 valence electrons. The second-order valence-corrected chi connectivity index (χ2v) is 11.0. The van der Waals surface area contributed by atoms with Crippen molar-refractivity contribution in [1.82, 2.24) is 0 Å². The Bertz CT molecular complexity index is 1080. The van der Waals surface area contributed by atoms with Gasteiger partial charge in [-0.3, -0.25) is 14.4 Å². The molecular formula is C20H17I4N3O5. The van der Waals surface area contributed by atoms with Gasteiger partial charge < -0.3 is 20.7 Å². The fourth-order valence-corrected chi connectivity index (χ4v) is 7.36. The second kappa shape index (κ2) is 12.1. The highest BCUT2D eigenvalue weighted by molar-refractivity contribution is 14.1. The maximum atomic E-state index is 12.9. The minimum absolute atomic E-state index is 0.150. The molecule has 0 saturated heterocycles. The van der Waals surface area contributed by atoms with Crippen molar-refractivity contribution in [1.29, 1.82) is 0 Å². The monoisotopic (exact) mass is 887 g/mol. The van der Waals surface area contributed by atoms with Gasteiger partial charge in [0.25, 0.3) is 5.91 Å². The van der Waals surface area contributed by atoms with Crippen LogP contribution in [0.15, 0.2) is 18.2 Å². The van der Waals surface area contributed by atoms with Crippen LogP contribution in [0.25, 0.3) is 0 Å². The van der Waals surface area contributed by atoms with Gasteiger partial charge in [-0.2, -0.15) is 0 Å². The molecule has 12 heteroatoms. The molecule has 2 rings (SSSR count). The highest BCUT2D eigenvalue weighted by Crippen LogP contribution is 2.39. The van der Waals surface area contributed by atoms with E-state index in [-0.39, 0.29) is 17.4 Å². The Balaban J connectivity index is 2.30. The summed E-state index contributed by atoms with van der Waals surface area (Å²) < 4.78 is 7.76. The lowest BCUT2D eigenvalue weighted by molar-refractivity contribution is -0.119. The van der Waals surface area contributed by atoms with Crippen molar-refractivity contribution >= 4 is 131 Å². The minimum Gasteiger partial charge on any atom is -0.452 e. The summed E-state index contributed by atoms with van der Waals surface area (Å²) in [5.74, 6) is -1.89. The zero-order valence-corrected chi connectivity index (χ0v) is 25.6. The molecule has 0 aliphatic rings. The summed E-state index contributed by atoms with van der Waals surface area (Å²) in [5, 5.41) is 8.10. The fraction of sp³-hybridized carbons (Fsp3) is 0.200. The Morgan fingerprint density at radius 1 is 0.844 bits per heavy atom. The number of esters is 1. The number of anilines is 3. The van der Waals surface area contributed by atoms with Crippen LogP contribution < -0.4 is 16.0 Å². The number of amides is 3. The molecule has 32 heavy (non-hydrogen) atoms. The summed E-state index contributed by atoms with van der Waals surface area (Å²) >= 11 is 8.04. The number of nitrogens with one attached hydrogen (secondary N) is 3. The first kappa shape index (κ1) is 27.5. The van der Waals surface area contributed by atoms with Crippen LogP contribution in [0.3, 0.4) is 0 Å². The van der Waals surface area contributed by atoms with E-state index in [4.69, 9.17) is 4.74 Å². The molecule has 3 amide bonds. The second-order valence-electron chi connectivity index (χ2n) is 6.51. The van der Waals surface area contributed by atoms with E-state index in [2.05, 4.69) is 38.5 Å². The van der Waals surface area contributed by atoms with E-state index in [1.807, 2.05) is 86.8 Å². The van der Waals surface area contributed by atoms with Gasteiger partial charge in [-0.25, -0.2) is 4.79 Å². The summed E-state index contributed by atoms with van der Waals surface area (Å²) in [6, 6.07) is 5.56. The van der Waals surface area contributed by atoms with Crippen LogP contribution in [0.2, 0.25) is 0 Å². The number of carbonyl (C=O) groups is 4. The molecule has 0 spiro atoms. The van der Waals surface area contributed by atoms with Crippen LogP contribution in [-0.2, 0) is 19.1 Å². The molecule has 2 aromatic rings. The largest absolute Gasteiger partial charge is 0.452 e. The number of hydrogen-bond acceptors (Lipinski definition) is 5. The first-order valence-corrected chi connectivity index (χ1v) is 13.2. The zero-order valence-electron chi connectivity index (χ0n) is 17.0. The average molecular weight is 887 g/mol. The molecule has 2 aromatic carbocycles. The van der Waals surface area contributed by atoms with Gasteiger partial charge in [-0.1, -0.05) is 0 Å². The molecule has 0 radical (unpaired) electrons. The van der Waals surface area contributed by atoms with Gasteiger partial charge in [0.15, 0.2) is 6.61 Å². The lowest BCUT2D eigenvalue weighted by Gasteiger charge is -2.19. The number of benzene rings is 2. The minimum atomic E-state index is -0.747. The number of hydrogen-bond donors (Lipinski definition) is 3. The first-order chi connectivity index (χ1) is 14.9. The molecule has 0 saturated carbocycles. The van der Waals surface area contributed by atoms with Gasteiger partial charge in [0.2, 0.25) is 11.8 Å². The van der Waals surface area contributed by atoms with Crippen molar-refractivity contribution in [2.75, 3.05) is 22.6 Å². The maximum absolute atomic E-state index is 12.9. The maximum Gasteiger partial charge on any atom is 0.340 e.